The Hall–Kier alpha value is -2.28. The predicted molar refractivity (Wildman–Crippen MR) is 84.1 cm³/mol. The lowest BCUT2D eigenvalue weighted by Gasteiger charge is -2.33. The Kier molecular flexibility index (Phi) is 4.38. The topological polar surface area (TPSA) is 54.3 Å². The van der Waals surface area contributed by atoms with Crippen molar-refractivity contribution < 1.29 is 9.18 Å². The normalized spacial score (nSPS) is 15.9. The minimum absolute atomic E-state index is 0.106. The Morgan fingerprint density at radius 2 is 2.00 bits per heavy atom. The zero-order chi connectivity index (χ0) is 16.4. The Bertz CT molecular complexity index is 706. The first-order chi connectivity index (χ1) is 11.1. The van der Waals surface area contributed by atoms with Gasteiger partial charge >= 0.3 is 0 Å². The van der Waals surface area contributed by atoms with Gasteiger partial charge in [-0.1, -0.05) is 12.1 Å². The van der Waals surface area contributed by atoms with Gasteiger partial charge in [-0.25, -0.2) is 9.07 Å². The van der Waals surface area contributed by atoms with E-state index in [4.69, 9.17) is 0 Å². The lowest BCUT2D eigenvalue weighted by atomic mass is 10.2. The summed E-state index contributed by atoms with van der Waals surface area (Å²) in [6, 6.07) is 4.68. The van der Waals surface area contributed by atoms with Crippen molar-refractivity contribution in [2.24, 2.45) is 0 Å². The summed E-state index contributed by atoms with van der Waals surface area (Å²) < 4.78 is 14.8. The van der Waals surface area contributed by atoms with E-state index in [1.165, 1.54) is 10.7 Å². The average molecular weight is 317 g/mol. The summed E-state index contributed by atoms with van der Waals surface area (Å²) in [7, 11) is 0. The molecule has 1 amide bonds. The van der Waals surface area contributed by atoms with E-state index in [0.717, 1.165) is 19.6 Å². The number of halogens is 1. The van der Waals surface area contributed by atoms with Crippen molar-refractivity contribution in [1.82, 2.24) is 24.8 Å². The SMILES string of the molecule is CCN1CCN(C(=O)c2cn(-c3ccc(F)c(C)c3)nn2)CC1. The van der Waals surface area contributed by atoms with Crippen molar-refractivity contribution in [3.8, 4) is 5.69 Å². The van der Waals surface area contributed by atoms with Crippen LogP contribution < -0.4 is 0 Å². The van der Waals surface area contributed by atoms with Gasteiger partial charge in [-0.3, -0.25) is 4.79 Å². The zero-order valence-corrected chi connectivity index (χ0v) is 13.4. The molecule has 0 unspecified atom stereocenters. The Labute approximate surface area is 134 Å². The van der Waals surface area contributed by atoms with E-state index in [1.54, 1.807) is 30.2 Å². The highest BCUT2D eigenvalue weighted by Crippen LogP contribution is 2.14. The molecule has 0 spiro atoms. The fourth-order valence-corrected chi connectivity index (χ4v) is 2.69. The number of rotatable bonds is 3. The summed E-state index contributed by atoms with van der Waals surface area (Å²) in [5, 5.41) is 7.96. The lowest BCUT2D eigenvalue weighted by Crippen LogP contribution is -2.48. The lowest BCUT2D eigenvalue weighted by molar-refractivity contribution is 0.0637. The first-order valence-corrected chi connectivity index (χ1v) is 7.79. The van der Waals surface area contributed by atoms with Gasteiger partial charge in [0.25, 0.3) is 5.91 Å². The third-order valence-electron chi connectivity index (χ3n) is 4.23. The standard InChI is InChI=1S/C16H20FN5O/c1-3-20-6-8-21(9-7-20)16(23)15-11-22(19-18-15)13-4-5-14(17)12(2)10-13/h4-5,10-11H,3,6-9H2,1-2H3. The number of piperazine rings is 1. The van der Waals surface area contributed by atoms with Crippen molar-refractivity contribution in [3.63, 3.8) is 0 Å². The molecule has 122 valence electrons. The number of aryl methyl sites for hydroxylation is 1. The maximum absolute atomic E-state index is 13.3. The van der Waals surface area contributed by atoms with E-state index in [-0.39, 0.29) is 11.7 Å². The Balaban J connectivity index is 1.74. The van der Waals surface area contributed by atoms with E-state index in [0.29, 0.717) is 30.0 Å². The van der Waals surface area contributed by atoms with Crippen LogP contribution in [0.3, 0.4) is 0 Å². The number of nitrogens with zero attached hydrogens (tertiary/aromatic N) is 5. The van der Waals surface area contributed by atoms with Gasteiger partial charge in [0.05, 0.1) is 11.9 Å². The molecule has 7 heteroatoms. The molecule has 1 aromatic carbocycles. The summed E-state index contributed by atoms with van der Waals surface area (Å²) in [6.07, 6.45) is 1.60. The van der Waals surface area contributed by atoms with Crippen LogP contribution in [0.4, 0.5) is 4.39 Å². The summed E-state index contributed by atoms with van der Waals surface area (Å²) in [4.78, 5) is 16.6. The van der Waals surface area contributed by atoms with E-state index in [1.807, 2.05) is 0 Å². The van der Waals surface area contributed by atoms with Crippen LogP contribution in [0.5, 0.6) is 0 Å². The van der Waals surface area contributed by atoms with Crippen LogP contribution in [0.1, 0.15) is 23.0 Å². The number of amides is 1. The number of hydrogen-bond donors (Lipinski definition) is 0. The summed E-state index contributed by atoms with van der Waals surface area (Å²) in [5.74, 6) is -0.371. The van der Waals surface area contributed by atoms with Crippen LogP contribution in [0.25, 0.3) is 5.69 Å². The van der Waals surface area contributed by atoms with Crippen molar-refractivity contribution >= 4 is 5.91 Å². The average Bonchev–Trinajstić information content (AvgIpc) is 3.07. The molecular formula is C16H20FN5O. The number of likely N-dealkylation sites (N-methyl/N-ethyl adjacent to an activating group) is 1. The van der Waals surface area contributed by atoms with Gasteiger partial charge in [-0.05, 0) is 37.2 Å². The summed E-state index contributed by atoms with van der Waals surface area (Å²) in [5.41, 5.74) is 1.53. The second kappa shape index (κ2) is 6.45. The minimum Gasteiger partial charge on any atom is -0.335 e. The van der Waals surface area contributed by atoms with E-state index in [9.17, 15) is 9.18 Å². The first kappa shape index (κ1) is 15.6. The van der Waals surface area contributed by atoms with Gasteiger partial charge in [-0.15, -0.1) is 5.10 Å². The molecule has 1 saturated heterocycles. The summed E-state index contributed by atoms with van der Waals surface area (Å²) >= 11 is 0. The minimum atomic E-state index is -0.265. The molecule has 0 aliphatic carbocycles. The van der Waals surface area contributed by atoms with Crippen molar-refractivity contribution in [2.45, 2.75) is 13.8 Å². The third kappa shape index (κ3) is 3.24. The van der Waals surface area contributed by atoms with Crippen LogP contribution in [0.2, 0.25) is 0 Å². The number of hydrogen-bond acceptors (Lipinski definition) is 4. The van der Waals surface area contributed by atoms with Crippen LogP contribution >= 0.6 is 0 Å². The molecule has 0 saturated carbocycles. The molecule has 0 radical (unpaired) electrons. The highest BCUT2D eigenvalue weighted by molar-refractivity contribution is 5.92. The van der Waals surface area contributed by atoms with Crippen molar-refractivity contribution in [1.29, 1.82) is 0 Å². The van der Waals surface area contributed by atoms with E-state index >= 15 is 0 Å². The highest BCUT2D eigenvalue weighted by atomic mass is 19.1. The van der Waals surface area contributed by atoms with Crippen LogP contribution in [0, 0.1) is 12.7 Å². The number of carbonyl (C=O) groups excluding carboxylic acids is 1. The molecule has 1 aliphatic heterocycles. The van der Waals surface area contributed by atoms with Gasteiger partial charge in [0, 0.05) is 26.2 Å². The van der Waals surface area contributed by atoms with Crippen molar-refractivity contribution in [3.05, 3.63) is 41.5 Å². The van der Waals surface area contributed by atoms with Gasteiger partial charge in [0.2, 0.25) is 0 Å². The maximum Gasteiger partial charge on any atom is 0.276 e. The van der Waals surface area contributed by atoms with Crippen molar-refractivity contribution in [2.75, 3.05) is 32.7 Å². The first-order valence-electron chi connectivity index (χ1n) is 7.79. The van der Waals surface area contributed by atoms with Gasteiger partial charge in [0.15, 0.2) is 5.69 Å². The number of aromatic nitrogens is 3. The molecule has 0 atom stereocenters. The maximum atomic E-state index is 13.3. The quantitative estimate of drug-likeness (QED) is 0.861. The van der Waals surface area contributed by atoms with Crippen LogP contribution in [0.15, 0.2) is 24.4 Å². The largest absolute Gasteiger partial charge is 0.335 e. The second-order valence-electron chi connectivity index (χ2n) is 5.71. The van der Waals surface area contributed by atoms with E-state index in [2.05, 4.69) is 22.1 Å². The highest BCUT2D eigenvalue weighted by Gasteiger charge is 2.23. The summed E-state index contributed by atoms with van der Waals surface area (Å²) in [6.45, 7) is 7.98. The molecule has 3 rings (SSSR count). The predicted octanol–water partition coefficient (Wildman–Crippen LogP) is 1.49. The second-order valence-corrected chi connectivity index (χ2v) is 5.71. The van der Waals surface area contributed by atoms with Crippen LogP contribution in [-0.2, 0) is 0 Å². The van der Waals surface area contributed by atoms with Gasteiger partial charge in [-0.2, -0.15) is 0 Å². The van der Waals surface area contributed by atoms with Gasteiger partial charge < -0.3 is 9.80 Å². The molecule has 1 aromatic heterocycles. The number of benzene rings is 1. The molecule has 1 aliphatic rings. The molecule has 6 nitrogen and oxygen atoms in total. The molecule has 2 aromatic rings. The van der Waals surface area contributed by atoms with Crippen LogP contribution in [-0.4, -0.2) is 63.4 Å². The fraction of sp³-hybridized carbons (Fsp3) is 0.438. The molecule has 23 heavy (non-hydrogen) atoms. The molecule has 2 heterocycles. The third-order valence-corrected chi connectivity index (χ3v) is 4.23. The van der Waals surface area contributed by atoms with Gasteiger partial charge in [0.1, 0.15) is 5.82 Å². The fourth-order valence-electron chi connectivity index (χ4n) is 2.69. The molecule has 0 bridgehead atoms. The monoisotopic (exact) mass is 317 g/mol. The Morgan fingerprint density at radius 1 is 1.26 bits per heavy atom. The molecule has 0 N–H and O–H groups in total. The number of carbonyl (C=O) groups is 1. The molecule has 1 fully saturated rings. The van der Waals surface area contributed by atoms with E-state index < -0.39 is 0 Å². The zero-order valence-electron chi connectivity index (χ0n) is 13.4. The Morgan fingerprint density at radius 3 is 2.65 bits per heavy atom. The smallest absolute Gasteiger partial charge is 0.276 e. The molecular weight excluding hydrogens is 297 g/mol.